The van der Waals surface area contributed by atoms with Crippen molar-refractivity contribution in [3.8, 4) is 11.1 Å². The van der Waals surface area contributed by atoms with Crippen LogP contribution in [0.3, 0.4) is 0 Å². The molecule has 0 bridgehead atoms. The van der Waals surface area contributed by atoms with Gasteiger partial charge in [0.2, 0.25) is 0 Å². The highest BCUT2D eigenvalue weighted by Gasteiger charge is 2.52. The molecule has 1 heterocycles. The predicted molar refractivity (Wildman–Crippen MR) is 139 cm³/mol. The largest absolute Gasteiger partial charge is 0.398 e. The van der Waals surface area contributed by atoms with Gasteiger partial charge in [-0.2, -0.15) is 0 Å². The van der Waals surface area contributed by atoms with Crippen molar-refractivity contribution in [1.82, 2.24) is 0 Å². The van der Waals surface area contributed by atoms with Crippen LogP contribution in [0.2, 0.25) is 0 Å². The van der Waals surface area contributed by atoms with E-state index < -0.39 is 7.92 Å². The van der Waals surface area contributed by atoms with E-state index >= 15 is 0 Å². The van der Waals surface area contributed by atoms with Gasteiger partial charge in [0.1, 0.15) is 0 Å². The van der Waals surface area contributed by atoms with Gasteiger partial charge in [-0.15, -0.1) is 0 Å². The molecular formula is C30H28NP. The quantitative estimate of drug-likeness (QED) is 0.255. The van der Waals surface area contributed by atoms with Crippen molar-refractivity contribution < 1.29 is 0 Å². The summed E-state index contributed by atoms with van der Waals surface area (Å²) >= 11 is 0. The third-order valence-corrected chi connectivity index (χ3v) is 10.3. The van der Waals surface area contributed by atoms with Crippen molar-refractivity contribution in [2.24, 2.45) is 0 Å². The van der Waals surface area contributed by atoms with Gasteiger partial charge in [-0.3, -0.25) is 0 Å². The van der Waals surface area contributed by atoms with E-state index in [4.69, 9.17) is 5.73 Å². The van der Waals surface area contributed by atoms with Gasteiger partial charge < -0.3 is 5.73 Å². The Balaban J connectivity index is 1.85. The number of benzene rings is 4. The molecule has 1 atom stereocenters. The molecule has 2 aliphatic rings. The van der Waals surface area contributed by atoms with Gasteiger partial charge in [0.25, 0.3) is 0 Å². The summed E-state index contributed by atoms with van der Waals surface area (Å²) in [6, 6.07) is 31.8. The molecule has 158 valence electrons. The topological polar surface area (TPSA) is 26.0 Å². The van der Waals surface area contributed by atoms with Gasteiger partial charge in [-0.25, -0.2) is 0 Å². The van der Waals surface area contributed by atoms with Gasteiger partial charge in [-0.1, -0.05) is 106 Å². The van der Waals surface area contributed by atoms with Crippen LogP contribution in [0.15, 0.2) is 84.9 Å². The molecular weight excluding hydrogens is 405 g/mol. The Morgan fingerprint density at radius 1 is 0.719 bits per heavy atom. The van der Waals surface area contributed by atoms with Crippen LogP contribution in [0.5, 0.6) is 0 Å². The Morgan fingerprint density at radius 3 is 1.88 bits per heavy atom. The zero-order valence-electron chi connectivity index (χ0n) is 18.9. The fourth-order valence-electron chi connectivity index (χ4n) is 6.14. The zero-order valence-corrected chi connectivity index (χ0v) is 19.8. The normalized spacial score (nSPS) is 17.1. The first-order valence-corrected chi connectivity index (χ1v) is 13.0. The van der Waals surface area contributed by atoms with Crippen LogP contribution in [-0.4, -0.2) is 5.66 Å². The first-order valence-electron chi connectivity index (χ1n) is 11.6. The summed E-state index contributed by atoms with van der Waals surface area (Å²) in [6.45, 7) is 6.93. The Kier molecular flexibility index (Phi) is 4.36. The molecule has 1 spiro atoms. The fourth-order valence-corrected chi connectivity index (χ4v) is 9.11. The SMILES string of the molecule is CCc1ccc2c(c1N)P(C(C)C)c1ccccc1C21c2ccccc2-c2ccccc21. The van der Waals surface area contributed by atoms with Crippen molar-refractivity contribution in [3.63, 3.8) is 0 Å². The molecule has 1 aliphatic carbocycles. The molecule has 32 heavy (non-hydrogen) atoms. The van der Waals surface area contributed by atoms with Crippen LogP contribution in [0.1, 0.15) is 48.6 Å². The molecule has 2 N–H and O–H groups in total. The summed E-state index contributed by atoms with van der Waals surface area (Å²) in [7, 11) is -0.551. The Hall–Kier alpha value is -2.89. The number of anilines is 1. The van der Waals surface area contributed by atoms with Gasteiger partial charge in [-0.05, 0) is 64.3 Å². The maximum Gasteiger partial charge on any atom is 0.0726 e. The highest BCUT2D eigenvalue weighted by Crippen LogP contribution is 2.61. The van der Waals surface area contributed by atoms with Crippen LogP contribution in [-0.2, 0) is 11.8 Å². The molecule has 2 heteroatoms. The number of hydrogen-bond donors (Lipinski definition) is 1. The summed E-state index contributed by atoms with van der Waals surface area (Å²) in [5, 5.41) is 2.89. The van der Waals surface area contributed by atoms with Crippen LogP contribution in [0.25, 0.3) is 11.1 Å². The van der Waals surface area contributed by atoms with Gasteiger partial charge >= 0.3 is 0 Å². The molecule has 1 nitrogen and oxygen atoms in total. The Morgan fingerprint density at radius 2 is 1.28 bits per heavy atom. The third kappa shape index (κ3) is 2.33. The van der Waals surface area contributed by atoms with Gasteiger partial charge in [0.05, 0.1) is 5.41 Å². The predicted octanol–water partition coefficient (Wildman–Crippen LogP) is 6.35. The minimum atomic E-state index is -0.551. The molecule has 0 aromatic heterocycles. The number of aryl methyl sites for hydroxylation is 1. The fraction of sp³-hybridized carbons (Fsp3) is 0.200. The van der Waals surface area contributed by atoms with Gasteiger partial charge in [0.15, 0.2) is 0 Å². The van der Waals surface area contributed by atoms with Crippen LogP contribution in [0.4, 0.5) is 5.69 Å². The summed E-state index contributed by atoms with van der Waals surface area (Å²) < 4.78 is 0. The van der Waals surface area contributed by atoms with Crippen LogP contribution < -0.4 is 16.3 Å². The average molecular weight is 434 g/mol. The molecule has 1 aliphatic heterocycles. The first-order chi connectivity index (χ1) is 15.6. The number of fused-ring (bicyclic) bond motifs is 9. The smallest absolute Gasteiger partial charge is 0.0726 e. The minimum absolute atomic E-state index is 0.312. The molecule has 0 fully saturated rings. The highest BCUT2D eigenvalue weighted by molar-refractivity contribution is 7.74. The molecule has 1 unspecified atom stereocenters. The van der Waals surface area contributed by atoms with Crippen LogP contribution in [0, 0.1) is 0 Å². The van der Waals surface area contributed by atoms with Crippen molar-refractivity contribution in [2.45, 2.75) is 38.3 Å². The van der Waals surface area contributed by atoms with Crippen LogP contribution >= 0.6 is 7.92 Å². The van der Waals surface area contributed by atoms with E-state index in [2.05, 4.69) is 106 Å². The second kappa shape index (κ2) is 7.06. The number of hydrogen-bond acceptors (Lipinski definition) is 1. The van der Waals surface area contributed by atoms with E-state index in [-0.39, 0.29) is 5.41 Å². The van der Waals surface area contributed by atoms with E-state index in [0.717, 1.165) is 12.1 Å². The second-order valence-corrected chi connectivity index (χ2v) is 11.9. The molecule has 4 aromatic carbocycles. The molecule has 0 radical (unpaired) electrons. The molecule has 0 saturated carbocycles. The van der Waals surface area contributed by atoms with Crippen molar-refractivity contribution in [1.29, 1.82) is 0 Å². The highest BCUT2D eigenvalue weighted by atomic mass is 31.1. The lowest BCUT2D eigenvalue weighted by atomic mass is 9.67. The second-order valence-electron chi connectivity index (χ2n) is 9.21. The maximum atomic E-state index is 7.01. The van der Waals surface area contributed by atoms with Gasteiger partial charge in [0, 0.05) is 11.0 Å². The average Bonchev–Trinajstić information content (AvgIpc) is 3.11. The number of nitrogens with two attached hydrogens (primary N) is 1. The van der Waals surface area contributed by atoms with E-state index in [1.165, 1.54) is 49.6 Å². The molecule has 4 aromatic rings. The standard InChI is InChI=1S/C30H28NP/c1-4-20-17-18-26-29(28(20)31)32(19(2)3)27-16-10-9-15-25(27)30(26)23-13-7-5-11-21(23)22-12-6-8-14-24(22)30/h5-19H,4,31H2,1-3H3. The summed E-state index contributed by atoms with van der Waals surface area (Å²) in [5.41, 5.74) is 17.8. The molecule has 6 rings (SSSR count). The first kappa shape index (κ1) is 19.8. The molecule has 0 amide bonds. The number of nitrogen functional groups attached to an aromatic ring is 1. The third-order valence-electron chi connectivity index (χ3n) is 7.37. The summed E-state index contributed by atoms with van der Waals surface area (Å²) in [4.78, 5) is 0. The monoisotopic (exact) mass is 433 g/mol. The van der Waals surface area contributed by atoms with E-state index in [9.17, 15) is 0 Å². The minimum Gasteiger partial charge on any atom is -0.398 e. The van der Waals surface area contributed by atoms with Crippen molar-refractivity contribution in [3.05, 3.63) is 113 Å². The van der Waals surface area contributed by atoms with E-state index in [0.29, 0.717) is 5.66 Å². The van der Waals surface area contributed by atoms with Crippen molar-refractivity contribution >= 4 is 24.2 Å². The number of rotatable bonds is 2. The van der Waals surface area contributed by atoms with Crippen molar-refractivity contribution in [2.75, 3.05) is 5.73 Å². The van der Waals surface area contributed by atoms with E-state index in [1.807, 2.05) is 0 Å². The van der Waals surface area contributed by atoms with E-state index in [1.54, 1.807) is 0 Å². The lowest BCUT2D eigenvalue weighted by molar-refractivity contribution is 0.775. The Bertz CT molecular complexity index is 1320. The lowest BCUT2D eigenvalue weighted by Crippen LogP contribution is -2.44. The maximum absolute atomic E-state index is 7.01. The lowest BCUT2D eigenvalue weighted by Gasteiger charge is -2.45. The Labute approximate surface area is 192 Å². The zero-order chi connectivity index (χ0) is 22.0. The summed E-state index contributed by atoms with van der Waals surface area (Å²) in [6.07, 6.45) is 0.961. The molecule has 0 saturated heterocycles. The summed E-state index contributed by atoms with van der Waals surface area (Å²) in [5.74, 6) is 0.